The number of benzene rings is 3. The van der Waals surface area contributed by atoms with Gasteiger partial charge >= 0.3 is 0 Å². The van der Waals surface area contributed by atoms with E-state index in [1.165, 1.54) is 0 Å². The van der Waals surface area contributed by atoms with Gasteiger partial charge in [-0.05, 0) is 23.8 Å². The maximum atomic E-state index is 12.9. The van der Waals surface area contributed by atoms with Crippen molar-refractivity contribution >= 4 is 39.2 Å². The van der Waals surface area contributed by atoms with Crippen molar-refractivity contribution in [2.75, 3.05) is 0 Å². The van der Waals surface area contributed by atoms with E-state index < -0.39 is 0 Å². The van der Waals surface area contributed by atoms with Crippen LogP contribution in [0.5, 0.6) is 0 Å². The van der Waals surface area contributed by atoms with Gasteiger partial charge in [-0.1, -0.05) is 54.1 Å². The number of hydrogen-bond acceptors (Lipinski definition) is 2. The van der Waals surface area contributed by atoms with Crippen LogP contribution in [0.15, 0.2) is 60.7 Å². The van der Waals surface area contributed by atoms with Crippen molar-refractivity contribution in [2.24, 2.45) is 0 Å². The van der Waals surface area contributed by atoms with Crippen LogP contribution < -0.4 is 0 Å². The summed E-state index contributed by atoms with van der Waals surface area (Å²) in [7, 11) is 0. The number of carbonyl (C=O) groups excluding carboxylic acids is 1. The van der Waals surface area contributed by atoms with Gasteiger partial charge in [0.1, 0.15) is 0 Å². The van der Waals surface area contributed by atoms with Crippen molar-refractivity contribution in [3.63, 3.8) is 0 Å². The molecule has 23 heavy (non-hydrogen) atoms. The molecule has 0 saturated heterocycles. The lowest BCUT2D eigenvalue weighted by atomic mass is 9.82. The Kier molecular flexibility index (Phi) is 2.45. The summed E-state index contributed by atoms with van der Waals surface area (Å²) in [5.74, 6) is -0.0271. The highest BCUT2D eigenvalue weighted by Gasteiger charge is 2.28. The van der Waals surface area contributed by atoms with E-state index in [4.69, 9.17) is 16.6 Å². The molecule has 1 heterocycles. The zero-order valence-electron chi connectivity index (χ0n) is 12.0. The Bertz CT molecular complexity index is 1150. The highest BCUT2D eigenvalue weighted by atomic mass is 35.5. The Hall–Kier alpha value is -2.71. The zero-order chi connectivity index (χ0) is 15.6. The average molecular weight is 316 g/mol. The van der Waals surface area contributed by atoms with Gasteiger partial charge in [0.05, 0.1) is 16.1 Å². The second-order valence-electron chi connectivity index (χ2n) is 5.70. The predicted octanol–water partition coefficient (Wildman–Crippen LogP) is 5.25. The molecule has 0 saturated carbocycles. The number of para-hydroxylation sites is 1. The van der Waals surface area contributed by atoms with Crippen LogP contribution in [-0.2, 0) is 0 Å². The van der Waals surface area contributed by atoms with E-state index >= 15 is 0 Å². The number of halogens is 1. The third-order valence-corrected chi connectivity index (χ3v) is 4.78. The van der Waals surface area contributed by atoms with Crippen molar-refractivity contribution in [1.29, 1.82) is 0 Å². The van der Waals surface area contributed by atoms with Crippen molar-refractivity contribution in [2.45, 2.75) is 0 Å². The molecular weight excluding hydrogens is 306 g/mol. The molecule has 0 N–H and O–H groups in total. The van der Waals surface area contributed by atoms with Crippen LogP contribution in [0.2, 0.25) is 5.02 Å². The van der Waals surface area contributed by atoms with Crippen LogP contribution in [0.1, 0.15) is 15.9 Å². The number of rotatable bonds is 0. The summed E-state index contributed by atoms with van der Waals surface area (Å²) in [4.78, 5) is 17.7. The minimum atomic E-state index is -0.0271. The summed E-state index contributed by atoms with van der Waals surface area (Å²) >= 11 is 6.35. The lowest BCUT2D eigenvalue weighted by Crippen LogP contribution is -2.11. The summed E-state index contributed by atoms with van der Waals surface area (Å²) in [5.41, 5.74) is 4.98. The molecule has 1 aliphatic rings. The Morgan fingerprint density at radius 2 is 1.48 bits per heavy atom. The third-order valence-electron chi connectivity index (χ3n) is 4.46. The number of nitrogens with zero attached hydrogens (tertiary/aromatic N) is 1. The number of ketones is 1. The molecular formula is C20H10ClNO. The van der Waals surface area contributed by atoms with Crippen molar-refractivity contribution in [3.05, 3.63) is 76.8 Å². The van der Waals surface area contributed by atoms with Crippen LogP contribution in [0.25, 0.3) is 32.9 Å². The van der Waals surface area contributed by atoms with Crippen LogP contribution in [0.4, 0.5) is 0 Å². The van der Waals surface area contributed by atoms with Crippen LogP contribution in [0, 0.1) is 0 Å². The Balaban J connectivity index is 2.14. The van der Waals surface area contributed by atoms with Gasteiger partial charge in [0, 0.05) is 27.5 Å². The molecule has 1 aromatic heterocycles. The third kappa shape index (κ3) is 1.59. The minimum Gasteiger partial charge on any atom is -0.289 e. The molecule has 5 rings (SSSR count). The standard InChI is InChI=1S/C20H10ClNO/c21-14-8-3-6-12-17-11-5-1-2-9-15(11)22-16-10-4-7-13(19(16)17)20(23)18(12)14/h1-10H. The first-order valence-electron chi connectivity index (χ1n) is 7.41. The van der Waals surface area contributed by atoms with E-state index in [-0.39, 0.29) is 5.78 Å². The fourth-order valence-corrected chi connectivity index (χ4v) is 3.77. The summed E-state index contributed by atoms with van der Waals surface area (Å²) in [6.07, 6.45) is 0. The fourth-order valence-electron chi connectivity index (χ4n) is 3.51. The van der Waals surface area contributed by atoms with E-state index in [0.717, 1.165) is 32.9 Å². The molecule has 0 radical (unpaired) electrons. The predicted molar refractivity (Wildman–Crippen MR) is 93.1 cm³/mol. The second-order valence-corrected chi connectivity index (χ2v) is 6.10. The quantitative estimate of drug-likeness (QED) is 0.365. The molecule has 0 spiro atoms. The number of hydrogen-bond donors (Lipinski definition) is 0. The highest BCUT2D eigenvalue weighted by molar-refractivity contribution is 6.39. The molecule has 4 aromatic rings. The number of carbonyl (C=O) groups is 1. The smallest absolute Gasteiger partial charge is 0.195 e. The molecule has 1 aliphatic carbocycles. The summed E-state index contributed by atoms with van der Waals surface area (Å²) in [6, 6.07) is 19.3. The fraction of sp³-hybridized carbons (Fsp3) is 0. The summed E-state index contributed by atoms with van der Waals surface area (Å²) in [6.45, 7) is 0. The van der Waals surface area contributed by atoms with E-state index in [9.17, 15) is 4.79 Å². The normalized spacial score (nSPS) is 12.7. The average Bonchev–Trinajstić information content (AvgIpc) is 2.58. The SMILES string of the molecule is O=C1c2c(Cl)cccc2-c2c3ccccc3nc3cccc1c23. The van der Waals surface area contributed by atoms with E-state index in [1.807, 2.05) is 54.6 Å². The molecule has 3 heteroatoms. The second kappa shape index (κ2) is 4.40. The minimum absolute atomic E-state index is 0.0271. The first-order valence-corrected chi connectivity index (χ1v) is 7.78. The van der Waals surface area contributed by atoms with E-state index in [1.54, 1.807) is 6.07 Å². The molecule has 0 aliphatic heterocycles. The lowest BCUT2D eigenvalue weighted by molar-refractivity contribution is 0.104. The van der Waals surface area contributed by atoms with Gasteiger partial charge in [-0.15, -0.1) is 0 Å². The molecule has 3 aromatic carbocycles. The van der Waals surface area contributed by atoms with Gasteiger partial charge in [-0.25, -0.2) is 4.98 Å². The molecule has 0 atom stereocenters. The largest absolute Gasteiger partial charge is 0.289 e. The number of pyridine rings is 1. The van der Waals surface area contributed by atoms with E-state index in [0.29, 0.717) is 16.1 Å². The molecule has 108 valence electrons. The first kappa shape index (κ1) is 12.8. The van der Waals surface area contributed by atoms with Crippen LogP contribution in [-0.4, -0.2) is 10.8 Å². The Morgan fingerprint density at radius 1 is 0.739 bits per heavy atom. The molecule has 0 unspecified atom stereocenters. The Morgan fingerprint density at radius 3 is 2.39 bits per heavy atom. The number of aromatic nitrogens is 1. The summed E-state index contributed by atoms with van der Waals surface area (Å²) in [5, 5.41) is 2.46. The maximum Gasteiger partial charge on any atom is 0.195 e. The van der Waals surface area contributed by atoms with E-state index in [2.05, 4.69) is 0 Å². The highest BCUT2D eigenvalue weighted by Crippen LogP contribution is 2.44. The monoisotopic (exact) mass is 315 g/mol. The number of fused-ring (bicyclic) bond motifs is 4. The van der Waals surface area contributed by atoms with Gasteiger partial charge in [-0.2, -0.15) is 0 Å². The van der Waals surface area contributed by atoms with Crippen LogP contribution >= 0.6 is 11.6 Å². The maximum absolute atomic E-state index is 12.9. The van der Waals surface area contributed by atoms with Gasteiger partial charge in [-0.3, -0.25) is 4.79 Å². The molecule has 0 amide bonds. The Labute approximate surface area is 137 Å². The summed E-state index contributed by atoms with van der Waals surface area (Å²) < 4.78 is 0. The van der Waals surface area contributed by atoms with Crippen LogP contribution in [0.3, 0.4) is 0 Å². The van der Waals surface area contributed by atoms with Gasteiger partial charge in [0.15, 0.2) is 5.78 Å². The van der Waals surface area contributed by atoms with Crippen molar-refractivity contribution < 1.29 is 4.79 Å². The topological polar surface area (TPSA) is 30.0 Å². The van der Waals surface area contributed by atoms with Crippen molar-refractivity contribution in [3.8, 4) is 11.1 Å². The molecule has 0 bridgehead atoms. The molecule has 0 fully saturated rings. The van der Waals surface area contributed by atoms with Crippen molar-refractivity contribution in [1.82, 2.24) is 4.98 Å². The lowest BCUT2D eigenvalue weighted by Gasteiger charge is -2.22. The molecule has 2 nitrogen and oxygen atoms in total. The first-order chi connectivity index (χ1) is 11.3. The zero-order valence-corrected chi connectivity index (χ0v) is 12.8. The van der Waals surface area contributed by atoms with Gasteiger partial charge in [0.25, 0.3) is 0 Å². The van der Waals surface area contributed by atoms with Gasteiger partial charge < -0.3 is 0 Å². The van der Waals surface area contributed by atoms with Gasteiger partial charge in [0.2, 0.25) is 0 Å².